The van der Waals surface area contributed by atoms with Gasteiger partial charge in [0.1, 0.15) is 9.77 Å². The van der Waals surface area contributed by atoms with Crippen LogP contribution in [0.1, 0.15) is 34.5 Å². The van der Waals surface area contributed by atoms with Gasteiger partial charge in [-0.2, -0.15) is 4.31 Å². The van der Waals surface area contributed by atoms with E-state index in [1.807, 2.05) is 0 Å². The standard InChI is InChI=1S/C18H22N4O4S2/c19-18(24)21-14-6-4-13(5-7-14)12-20-17(23)16-15(8-11-27-16)28(25,26)22-9-2-1-3-10-22/h4-8,11H,1-3,9-10,12H2,(H,20,23)(H3,19,21,24). The monoisotopic (exact) mass is 422 g/mol. The fourth-order valence-corrected chi connectivity index (χ4v) is 5.86. The topological polar surface area (TPSA) is 122 Å². The number of carbonyl (C=O) groups is 2. The largest absolute Gasteiger partial charge is 0.351 e. The summed E-state index contributed by atoms with van der Waals surface area (Å²) in [4.78, 5) is 23.7. The summed E-state index contributed by atoms with van der Waals surface area (Å²) in [6.45, 7) is 1.21. The van der Waals surface area contributed by atoms with Gasteiger partial charge in [-0.05, 0) is 42.0 Å². The zero-order valence-corrected chi connectivity index (χ0v) is 16.8. The molecule has 10 heteroatoms. The van der Waals surface area contributed by atoms with E-state index in [1.165, 1.54) is 10.4 Å². The molecule has 0 spiro atoms. The third-order valence-electron chi connectivity index (χ3n) is 4.44. The van der Waals surface area contributed by atoms with E-state index in [0.717, 1.165) is 36.2 Å². The molecule has 1 aromatic carbocycles. The van der Waals surface area contributed by atoms with Crippen molar-refractivity contribution in [2.45, 2.75) is 30.7 Å². The van der Waals surface area contributed by atoms with Crippen molar-refractivity contribution in [1.29, 1.82) is 0 Å². The van der Waals surface area contributed by atoms with Crippen LogP contribution >= 0.6 is 11.3 Å². The van der Waals surface area contributed by atoms with Crippen LogP contribution in [0.2, 0.25) is 0 Å². The molecule has 0 saturated carbocycles. The van der Waals surface area contributed by atoms with Gasteiger partial charge in [-0.1, -0.05) is 18.6 Å². The van der Waals surface area contributed by atoms with Crippen molar-refractivity contribution in [1.82, 2.24) is 9.62 Å². The van der Waals surface area contributed by atoms with Crippen LogP contribution in [0.4, 0.5) is 10.5 Å². The van der Waals surface area contributed by atoms with Crippen LogP contribution < -0.4 is 16.4 Å². The molecule has 1 saturated heterocycles. The average molecular weight is 423 g/mol. The third kappa shape index (κ3) is 4.70. The molecule has 0 bridgehead atoms. The smallest absolute Gasteiger partial charge is 0.316 e. The minimum absolute atomic E-state index is 0.0675. The zero-order valence-electron chi connectivity index (χ0n) is 15.2. The lowest BCUT2D eigenvalue weighted by Crippen LogP contribution is -2.36. The van der Waals surface area contributed by atoms with Crippen LogP contribution in [-0.4, -0.2) is 37.8 Å². The van der Waals surface area contributed by atoms with Gasteiger partial charge in [-0.25, -0.2) is 13.2 Å². The Balaban J connectivity index is 1.67. The Kier molecular flexibility index (Phi) is 6.32. The Morgan fingerprint density at radius 1 is 1.07 bits per heavy atom. The molecule has 1 aromatic heterocycles. The van der Waals surface area contributed by atoms with E-state index in [-0.39, 0.29) is 16.3 Å². The van der Waals surface area contributed by atoms with Crippen LogP contribution in [0.3, 0.4) is 0 Å². The van der Waals surface area contributed by atoms with E-state index in [9.17, 15) is 18.0 Å². The maximum Gasteiger partial charge on any atom is 0.316 e. The molecule has 1 aliphatic heterocycles. The van der Waals surface area contributed by atoms with E-state index in [4.69, 9.17) is 5.73 Å². The molecular weight excluding hydrogens is 400 g/mol. The van der Waals surface area contributed by atoms with E-state index in [2.05, 4.69) is 10.6 Å². The van der Waals surface area contributed by atoms with Crippen molar-refractivity contribution in [3.63, 3.8) is 0 Å². The number of piperidine rings is 1. The Bertz CT molecular complexity index is 948. The average Bonchev–Trinajstić information content (AvgIpc) is 3.18. The number of urea groups is 1. The minimum atomic E-state index is -3.66. The first-order valence-electron chi connectivity index (χ1n) is 8.89. The number of benzene rings is 1. The number of amides is 3. The number of carbonyl (C=O) groups excluding carboxylic acids is 2. The van der Waals surface area contributed by atoms with Gasteiger partial charge in [0.05, 0.1) is 0 Å². The number of thiophene rings is 1. The van der Waals surface area contributed by atoms with Gasteiger partial charge in [0.15, 0.2) is 0 Å². The Morgan fingerprint density at radius 2 is 1.75 bits per heavy atom. The van der Waals surface area contributed by atoms with E-state index < -0.39 is 22.0 Å². The lowest BCUT2D eigenvalue weighted by Gasteiger charge is -2.25. The van der Waals surface area contributed by atoms with Crippen LogP contribution in [0, 0.1) is 0 Å². The van der Waals surface area contributed by atoms with Crippen molar-refractivity contribution in [3.8, 4) is 0 Å². The third-order valence-corrected chi connectivity index (χ3v) is 7.43. The van der Waals surface area contributed by atoms with Crippen LogP contribution in [-0.2, 0) is 16.6 Å². The molecule has 1 aliphatic rings. The van der Waals surface area contributed by atoms with Crippen molar-refractivity contribution >= 4 is 39.0 Å². The number of hydrogen-bond donors (Lipinski definition) is 3. The Hall–Kier alpha value is -2.43. The predicted octanol–water partition coefficient (Wildman–Crippen LogP) is 2.34. The van der Waals surface area contributed by atoms with Gasteiger partial charge < -0.3 is 16.4 Å². The molecule has 0 atom stereocenters. The Labute approximate surface area is 167 Å². The van der Waals surface area contributed by atoms with E-state index >= 15 is 0 Å². The summed E-state index contributed by atoms with van der Waals surface area (Å²) in [5.74, 6) is -0.426. The second kappa shape index (κ2) is 8.72. The highest BCUT2D eigenvalue weighted by molar-refractivity contribution is 7.89. The van der Waals surface area contributed by atoms with Crippen LogP contribution in [0.25, 0.3) is 0 Å². The number of rotatable bonds is 6. The number of nitrogens with one attached hydrogen (secondary N) is 2. The van der Waals surface area contributed by atoms with Gasteiger partial charge >= 0.3 is 6.03 Å². The molecule has 1 fully saturated rings. The summed E-state index contributed by atoms with van der Waals surface area (Å²) in [5, 5.41) is 6.83. The highest BCUT2D eigenvalue weighted by Crippen LogP contribution is 2.27. The number of anilines is 1. The molecule has 3 amide bonds. The molecule has 3 rings (SSSR count). The SMILES string of the molecule is NC(=O)Nc1ccc(CNC(=O)c2sccc2S(=O)(=O)N2CCCCC2)cc1. The highest BCUT2D eigenvalue weighted by atomic mass is 32.2. The first kappa shape index (κ1) is 20.3. The molecule has 2 heterocycles. The fraction of sp³-hybridized carbons (Fsp3) is 0.333. The number of primary amides is 1. The summed E-state index contributed by atoms with van der Waals surface area (Å²) in [6, 6.07) is 7.67. The van der Waals surface area contributed by atoms with Crippen LogP contribution in [0.15, 0.2) is 40.6 Å². The van der Waals surface area contributed by atoms with Gasteiger partial charge in [0.25, 0.3) is 5.91 Å². The molecular formula is C18H22N4O4S2. The van der Waals surface area contributed by atoms with Crippen LogP contribution in [0.5, 0.6) is 0 Å². The molecule has 2 aromatic rings. The van der Waals surface area contributed by atoms with Crippen molar-refractivity contribution in [3.05, 3.63) is 46.2 Å². The summed E-state index contributed by atoms with van der Waals surface area (Å²) in [5.41, 5.74) is 6.42. The van der Waals surface area contributed by atoms with Gasteiger partial charge in [0.2, 0.25) is 10.0 Å². The van der Waals surface area contributed by atoms with Crippen molar-refractivity contribution in [2.24, 2.45) is 5.73 Å². The van der Waals surface area contributed by atoms with E-state index in [1.54, 1.807) is 29.6 Å². The molecule has 0 aliphatic carbocycles. The van der Waals surface area contributed by atoms with Gasteiger partial charge in [-0.3, -0.25) is 4.79 Å². The number of hydrogen-bond acceptors (Lipinski definition) is 5. The molecule has 150 valence electrons. The lowest BCUT2D eigenvalue weighted by atomic mass is 10.2. The number of sulfonamides is 1. The zero-order chi connectivity index (χ0) is 20.1. The number of nitrogens with two attached hydrogens (primary N) is 1. The first-order chi connectivity index (χ1) is 13.4. The van der Waals surface area contributed by atoms with Crippen molar-refractivity contribution < 1.29 is 18.0 Å². The molecule has 8 nitrogen and oxygen atoms in total. The van der Waals surface area contributed by atoms with Gasteiger partial charge in [-0.15, -0.1) is 11.3 Å². The molecule has 0 radical (unpaired) electrons. The quantitative estimate of drug-likeness (QED) is 0.661. The van der Waals surface area contributed by atoms with E-state index in [0.29, 0.717) is 18.8 Å². The summed E-state index contributed by atoms with van der Waals surface area (Å²) >= 11 is 1.11. The van der Waals surface area contributed by atoms with Gasteiger partial charge in [0, 0.05) is 25.3 Å². The number of nitrogens with zero attached hydrogens (tertiary/aromatic N) is 1. The second-order valence-corrected chi connectivity index (χ2v) is 9.27. The highest BCUT2D eigenvalue weighted by Gasteiger charge is 2.30. The fourth-order valence-electron chi connectivity index (χ4n) is 3.02. The molecule has 28 heavy (non-hydrogen) atoms. The maximum atomic E-state index is 12.9. The Morgan fingerprint density at radius 3 is 2.39 bits per heavy atom. The summed E-state index contributed by atoms with van der Waals surface area (Å²) in [7, 11) is -3.66. The molecule has 4 N–H and O–H groups in total. The predicted molar refractivity (Wildman–Crippen MR) is 108 cm³/mol. The summed E-state index contributed by atoms with van der Waals surface area (Å²) < 4.78 is 27.2. The first-order valence-corrected chi connectivity index (χ1v) is 11.2. The summed E-state index contributed by atoms with van der Waals surface area (Å²) in [6.07, 6.45) is 2.70. The minimum Gasteiger partial charge on any atom is -0.351 e. The molecule has 0 unspecified atom stereocenters. The maximum absolute atomic E-state index is 12.9. The second-order valence-electron chi connectivity index (χ2n) is 6.45. The normalized spacial score (nSPS) is 15.1. The van der Waals surface area contributed by atoms with Crippen molar-refractivity contribution in [2.75, 3.05) is 18.4 Å². The lowest BCUT2D eigenvalue weighted by molar-refractivity contribution is 0.0951.